The molecular formula is C16H21N3O2S. The highest BCUT2D eigenvalue weighted by atomic mass is 32.1. The van der Waals surface area contributed by atoms with Gasteiger partial charge in [-0.3, -0.25) is 14.2 Å². The summed E-state index contributed by atoms with van der Waals surface area (Å²) in [5.41, 5.74) is 1.09. The van der Waals surface area contributed by atoms with Crippen molar-refractivity contribution in [1.29, 1.82) is 0 Å². The SMILES string of the molecule is CCCCCNC(=O)Cn1cnc2sc3c(c2c1=O)CCC3. The van der Waals surface area contributed by atoms with Crippen molar-refractivity contribution in [2.75, 3.05) is 6.54 Å². The Bertz CT molecular complexity index is 748. The van der Waals surface area contributed by atoms with Crippen molar-refractivity contribution in [2.24, 2.45) is 0 Å². The fourth-order valence-corrected chi connectivity index (χ4v) is 4.17. The molecule has 2 aromatic rings. The molecule has 22 heavy (non-hydrogen) atoms. The second kappa shape index (κ2) is 6.60. The van der Waals surface area contributed by atoms with Gasteiger partial charge < -0.3 is 5.32 Å². The lowest BCUT2D eigenvalue weighted by atomic mass is 10.2. The Balaban J connectivity index is 1.76. The highest BCUT2D eigenvalue weighted by Crippen LogP contribution is 2.34. The minimum atomic E-state index is -0.119. The Morgan fingerprint density at radius 2 is 2.27 bits per heavy atom. The number of nitrogens with zero attached hydrogens (tertiary/aromatic N) is 2. The topological polar surface area (TPSA) is 64.0 Å². The van der Waals surface area contributed by atoms with Crippen molar-refractivity contribution in [3.05, 3.63) is 27.1 Å². The van der Waals surface area contributed by atoms with Crippen LogP contribution in [0.1, 0.15) is 43.0 Å². The molecule has 5 nitrogen and oxygen atoms in total. The van der Waals surface area contributed by atoms with Gasteiger partial charge in [0.15, 0.2) is 0 Å². The fraction of sp³-hybridized carbons (Fsp3) is 0.562. The number of amides is 1. The number of carbonyl (C=O) groups excluding carboxylic acids is 1. The Hall–Kier alpha value is -1.69. The van der Waals surface area contributed by atoms with Gasteiger partial charge in [-0.15, -0.1) is 11.3 Å². The highest BCUT2D eigenvalue weighted by molar-refractivity contribution is 7.18. The van der Waals surface area contributed by atoms with Gasteiger partial charge in [0.1, 0.15) is 11.4 Å². The van der Waals surface area contributed by atoms with Crippen molar-refractivity contribution in [3.8, 4) is 0 Å². The van der Waals surface area contributed by atoms with Crippen LogP contribution in [0.3, 0.4) is 0 Å². The summed E-state index contributed by atoms with van der Waals surface area (Å²) in [6.45, 7) is 2.85. The third-order valence-corrected chi connectivity index (χ3v) is 5.31. The van der Waals surface area contributed by atoms with E-state index < -0.39 is 0 Å². The van der Waals surface area contributed by atoms with Gasteiger partial charge in [0, 0.05) is 11.4 Å². The van der Waals surface area contributed by atoms with Gasteiger partial charge in [0.05, 0.1) is 11.7 Å². The van der Waals surface area contributed by atoms with Crippen LogP contribution in [0.15, 0.2) is 11.1 Å². The van der Waals surface area contributed by atoms with E-state index in [9.17, 15) is 9.59 Å². The molecule has 2 aromatic heterocycles. The largest absolute Gasteiger partial charge is 0.355 e. The van der Waals surface area contributed by atoms with Crippen LogP contribution in [-0.2, 0) is 24.2 Å². The van der Waals surface area contributed by atoms with Gasteiger partial charge in [0.2, 0.25) is 5.91 Å². The van der Waals surface area contributed by atoms with E-state index in [-0.39, 0.29) is 18.0 Å². The van der Waals surface area contributed by atoms with E-state index >= 15 is 0 Å². The van der Waals surface area contributed by atoms with E-state index in [1.807, 2.05) is 0 Å². The van der Waals surface area contributed by atoms with Crippen LogP contribution in [-0.4, -0.2) is 22.0 Å². The highest BCUT2D eigenvalue weighted by Gasteiger charge is 2.21. The summed E-state index contributed by atoms with van der Waals surface area (Å²) in [7, 11) is 0. The van der Waals surface area contributed by atoms with Crippen LogP contribution in [0.4, 0.5) is 0 Å². The Kier molecular flexibility index (Phi) is 4.57. The first-order valence-electron chi connectivity index (χ1n) is 7.97. The lowest BCUT2D eigenvalue weighted by Gasteiger charge is -2.07. The normalized spacial score (nSPS) is 13.5. The molecule has 2 heterocycles. The first-order chi connectivity index (χ1) is 10.7. The molecule has 0 saturated carbocycles. The van der Waals surface area contributed by atoms with Crippen molar-refractivity contribution in [1.82, 2.24) is 14.9 Å². The summed E-state index contributed by atoms with van der Waals surface area (Å²) < 4.78 is 1.43. The van der Waals surface area contributed by atoms with E-state index in [0.717, 1.165) is 54.3 Å². The monoisotopic (exact) mass is 319 g/mol. The van der Waals surface area contributed by atoms with E-state index in [1.54, 1.807) is 11.3 Å². The van der Waals surface area contributed by atoms with Crippen LogP contribution in [0.5, 0.6) is 0 Å². The third-order valence-electron chi connectivity index (χ3n) is 4.11. The van der Waals surface area contributed by atoms with Gasteiger partial charge in [0.25, 0.3) is 5.56 Å². The number of aryl methyl sites for hydroxylation is 2. The van der Waals surface area contributed by atoms with Gasteiger partial charge in [-0.25, -0.2) is 4.98 Å². The molecule has 6 heteroatoms. The van der Waals surface area contributed by atoms with Crippen LogP contribution >= 0.6 is 11.3 Å². The Labute approximate surface area is 133 Å². The molecular weight excluding hydrogens is 298 g/mol. The Morgan fingerprint density at radius 3 is 3.09 bits per heavy atom. The number of carbonyl (C=O) groups is 1. The predicted molar refractivity (Wildman–Crippen MR) is 88.4 cm³/mol. The molecule has 0 saturated heterocycles. The van der Waals surface area contributed by atoms with E-state index in [4.69, 9.17) is 0 Å². The molecule has 0 aromatic carbocycles. The first-order valence-corrected chi connectivity index (χ1v) is 8.78. The summed E-state index contributed by atoms with van der Waals surface area (Å²) in [6.07, 6.45) is 7.83. The van der Waals surface area contributed by atoms with E-state index in [1.165, 1.54) is 15.8 Å². The van der Waals surface area contributed by atoms with Crippen LogP contribution in [0.25, 0.3) is 10.2 Å². The molecule has 118 valence electrons. The van der Waals surface area contributed by atoms with Crippen LogP contribution in [0.2, 0.25) is 0 Å². The number of fused-ring (bicyclic) bond motifs is 3. The lowest BCUT2D eigenvalue weighted by molar-refractivity contribution is -0.121. The number of nitrogens with one attached hydrogen (secondary N) is 1. The summed E-state index contributed by atoms with van der Waals surface area (Å²) in [4.78, 5) is 31.0. The summed E-state index contributed by atoms with van der Waals surface area (Å²) in [5, 5.41) is 3.60. The summed E-state index contributed by atoms with van der Waals surface area (Å²) in [5.74, 6) is -0.119. The van der Waals surface area contributed by atoms with Crippen molar-refractivity contribution in [3.63, 3.8) is 0 Å². The number of thiophene rings is 1. The first kappa shape index (κ1) is 15.2. The average Bonchev–Trinajstić information content (AvgIpc) is 3.07. The van der Waals surface area contributed by atoms with Gasteiger partial charge in [-0.2, -0.15) is 0 Å². The zero-order valence-electron chi connectivity index (χ0n) is 12.9. The number of unbranched alkanes of at least 4 members (excludes halogenated alkanes) is 2. The predicted octanol–water partition coefficient (Wildman–Crippen LogP) is 2.25. The molecule has 0 aliphatic heterocycles. The third kappa shape index (κ3) is 2.92. The average molecular weight is 319 g/mol. The number of rotatable bonds is 6. The van der Waals surface area contributed by atoms with Crippen molar-refractivity contribution < 1.29 is 4.79 Å². The molecule has 0 unspecified atom stereocenters. The maximum Gasteiger partial charge on any atom is 0.262 e. The van der Waals surface area contributed by atoms with E-state index in [2.05, 4.69) is 17.2 Å². The molecule has 1 aliphatic rings. The smallest absolute Gasteiger partial charge is 0.262 e. The number of hydrogen-bond acceptors (Lipinski definition) is 4. The zero-order chi connectivity index (χ0) is 15.5. The molecule has 1 N–H and O–H groups in total. The van der Waals surface area contributed by atoms with Gasteiger partial charge >= 0.3 is 0 Å². The molecule has 0 bridgehead atoms. The second-order valence-electron chi connectivity index (χ2n) is 5.77. The van der Waals surface area contributed by atoms with Gasteiger partial charge in [-0.05, 0) is 31.2 Å². The van der Waals surface area contributed by atoms with Gasteiger partial charge in [-0.1, -0.05) is 19.8 Å². The maximum absolute atomic E-state index is 12.6. The molecule has 0 spiro atoms. The fourth-order valence-electron chi connectivity index (χ4n) is 2.95. The number of hydrogen-bond donors (Lipinski definition) is 1. The van der Waals surface area contributed by atoms with Crippen molar-refractivity contribution >= 4 is 27.5 Å². The van der Waals surface area contributed by atoms with Crippen LogP contribution < -0.4 is 10.9 Å². The molecule has 3 rings (SSSR count). The van der Waals surface area contributed by atoms with Crippen LogP contribution in [0, 0.1) is 0 Å². The van der Waals surface area contributed by atoms with E-state index in [0.29, 0.717) is 6.54 Å². The standard InChI is InChI=1S/C16H21N3O2S/c1-2-3-4-8-17-13(20)9-19-10-18-15-14(16(19)21)11-6-5-7-12(11)22-15/h10H,2-9H2,1H3,(H,17,20). The molecule has 1 aliphatic carbocycles. The molecule has 0 fully saturated rings. The minimum absolute atomic E-state index is 0.0541. The van der Waals surface area contributed by atoms with Crippen molar-refractivity contribution in [2.45, 2.75) is 52.0 Å². The summed E-state index contributed by atoms with van der Waals surface area (Å²) in [6, 6.07) is 0. The number of aromatic nitrogens is 2. The second-order valence-corrected chi connectivity index (χ2v) is 6.86. The Morgan fingerprint density at radius 1 is 1.41 bits per heavy atom. The quantitative estimate of drug-likeness (QED) is 0.831. The zero-order valence-corrected chi connectivity index (χ0v) is 13.7. The molecule has 0 radical (unpaired) electrons. The maximum atomic E-state index is 12.6. The molecule has 0 atom stereocenters. The molecule has 1 amide bonds. The lowest BCUT2D eigenvalue weighted by Crippen LogP contribution is -2.33. The minimum Gasteiger partial charge on any atom is -0.355 e. The summed E-state index contributed by atoms with van der Waals surface area (Å²) >= 11 is 1.62.